The van der Waals surface area contributed by atoms with Crippen molar-refractivity contribution in [1.29, 1.82) is 0 Å². The second-order valence-corrected chi connectivity index (χ2v) is 6.51. The molecule has 0 bridgehead atoms. The molecule has 3 rings (SSSR count). The van der Waals surface area contributed by atoms with Gasteiger partial charge in [0.2, 0.25) is 5.91 Å². The first-order valence-electron chi connectivity index (χ1n) is 8.11. The van der Waals surface area contributed by atoms with Crippen LogP contribution in [0.1, 0.15) is 26.7 Å². The third kappa shape index (κ3) is 3.34. The van der Waals surface area contributed by atoms with Gasteiger partial charge in [0.15, 0.2) is 6.61 Å². The van der Waals surface area contributed by atoms with E-state index < -0.39 is 6.04 Å². The van der Waals surface area contributed by atoms with Crippen LogP contribution in [0.2, 0.25) is 0 Å². The topological polar surface area (TPSA) is 87.7 Å². The van der Waals surface area contributed by atoms with E-state index in [1.54, 1.807) is 18.2 Å². The molecule has 2 aliphatic heterocycles. The Bertz CT molecular complexity index is 686. The predicted molar refractivity (Wildman–Crippen MR) is 88.8 cm³/mol. The summed E-state index contributed by atoms with van der Waals surface area (Å²) in [7, 11) is 0. The van der Waals surface area contributed by atoms with Gasteiger partial charge in [-0.15, -0.1) is 0 Å². The molecule has 0 aliphatic carbocycles. The highest BCUT2D eigenvalue weighted by molar-refractivity contribution is 6.07. The van der Waals surface area contributed by atoms with Crippen LogP contribution in [0.4, 0.5) is 11.4 Å². The van der Waals surface area contributed by atoms with E-state index in [-0.39, 0.29) is 30.7 Å². The molecule has 7 heteroatoms. The number of hydrogen-bond acceptors (Lipinski definition) is 5. The standard InChI is InChI=1S/C17H21N3O4/c1-10(2)5-6-20-16(22)8-13(17(20)23)18-11-3-4-14-12(7-11)19-15(21)9-24-14/h3-4,7,10,13,18H,5-6,8-9H2,1-2H3,(H,19,21). The Morgan fingerprint density at radius 3 is 2.88 bits per heavy atom. The van der Waals surface area contributed by atoms with E-state index in [9.17, 15) is 14.4 Å². The zero-order valence-corrected chi connectivity index (χ0v) is 13.8. The SMILES string of the molecule is CC(C)CCN1C(=O)CC(Nc2ccc3c(c2)NC(=O)CO3)C1=O. The summed E-state index contributed by atoms with van der Waals surface area (Å²) in [5.41, 5.74) is 1.22. The van der Waals surface area contributed by atoms with Crippen molar-refractivity contribution in [3.63, 3.8) is 0 Å². The number of imide groups is 1. The first-order valence-corrected chi connectivity index (χ1v) is 8.11. The van der Waals surface area contributed by atoms with Crippen molar-refractivity contribution >= 4 is 29.1 Å². The third-order valence-electron chi connectivity index (χ3n) is 4.13. The summed E-state index contributed by atoms with van der Waals surface area (Å²) < 4.78 is 5.30. The monoisotopic (exact) mass is 331 g/mol. The fraction of sp³-hybridized carbons (Fsp3) is 0.471. The summed E-state index contributed by atoms with van der Waals surface area (Å²) >= 11 is 0. The normalized spacial score (nSPS) is 20.0. The minimum absolute atomic E-state index is 0.000198. The first kappa shape index (κ1) is 16.3. The number of amides is 3. The zero-order valence-electron chi connectivity index (χ0n) is 13.8. The lowest BCUT2D eigenvalue weighted by Crippen LogP contribution is -2.36. The first-order chi connectivity index (χ1) is 11.4. The van der Waals surface area contributed by atoms with Gasteiger partial charge in [-0.3, -0.25) is 19.3 Å². The minimum atomic E-state index is -0.567. The van der Waals surface area contributed by atoms with Crippen LogP contribution >= 0.6 is 0 Å². The molecule has 7 nitrogen and oxygen atoms in total. The van der Waals surface area contributed by atoms with Gasteiger partial charge in [-0.2, -0.15) is 0 Å². The maximum Gasteiger partial charge on any atom is 0.262 e. The molecule has 1 unspecified atom stereocenters. The number of rotatable bonds is 5. The Hall–Kier alpha value is -2.57. The molecular formula is C17H21N3O4. The van der Waals surface area contributed by atoms with Crippen LogP contribution in [-0.4, -0.2) is 41.8 Å². The van der Waals surface area contributed by atoms with Crippen LogP contribution in [0.3, 0.4) is 0 Å². The maximum absolute atomic E-state index is 12.4. The summed E-state index contributed by atoms with van der Waals surface area (Å²) in [5, 5.41) is 5.81. The molecule has 1 aromatic rings. The highest BCUT2D eigenvalue weighted by Gasteiger charge is 2.38. The number of carbonyl (C=O) groups excluding carboxylic acids is 3. The minimum Gasteiger partial charge on any atom is -0.482 e. The Kier molecular flexibility index (Phi) is 4.42. The van der Waals surface area contributed by atoms with Crippen LogP contribution in [0, 0.1) is 5.92 Å². The van der Waals surface area contributed by atoms with Crippen molar-refractivity contribution in [2.45, 2.75) is 32.7 Å². The van der Waals surface area contributed by atoms with E-state index in [1.165, 1.54) is 4.90 Å². The maximum atomic E-state index is 12.4. The Labute approximate surface area is 140 Å². The van der Waals surface area contributed by atoms with Gasteiger partial charge in [0.1, 0.15) is 11.8 Å². The second kappa shape index (κ2) is 6.51. The van der Waals surface area contributed by atoms with Crippen molar-refractivity contribution in [3.05, 3.63) is 18.2 Å². The smallest absolute Gasteiger partial charge is 0.262 e. The summed E-state index contributed by atoms with van der Waals surface area (Å²) in [6.07, 6.45) is 0.948. The molecule has 0 radical (unpaired) electrons. The van der Waals surface area contributed by atoms with Crippen LogP contribution < -0.4 is 15.4 Å². The molecule has 1 saturated heterocycles. The lowest BCUT2D eigenvalue weighted by atomic mass is 10.1. The van der Waals surface area contributed by atoms with Gasteiger partial charge in [-0.25, -0.2) is 0 Å². The summed E-state index contributed by atoms with van der Waals surface area (Å²) in [6.45, 7) is 4.58. The van der Waals surface area contributed by atoms with Gasteiger partial charge in [-0.05, 0) is 30.5 Å². The van der Waals surface area contributed by atoms with Gasteiger partial charge in [0, 0.05) is 12.2 Å². The largest absolute Gasteiger partial charge is 0.482 e. The lowest BCUT2D eigenvalue weighted by Gasteiger charge is -2.20. The summed E-state index contributed by atoms with van der Waals surface area (Å²) in [4.78, 5) is 37.2. The lowest BCUT2D eigenvalue weighted by molar-refractivity contribution is -0.138. The van der Waals surface area contributed by atoms with Crippen LogP contribution in [-0.2, 0) is 14.4 Å². The Morgan fingerprint density at radius 2 is 2.12 bits per heavy atom. The number of benzene rings is 1. The van der Waals surface area contributed by atoms with Gasteiger partial charge in [0.25, 0.3) is 11.8 Å². The van der Waals surface area contributed by atoms with Crippen molar-refractivity contribution in [1.82, 2.24) is 4.90 Å². The van der Waals surface area contributed by atoms with E-state index in [4.69, 9.17) is 4.74 Å². The Balaban J connectivity index is 1.68. The van der Waals surface area contributed by atoms with Crippen LogP contribution in [0.25, 0.3) is 0 Å². The van der Waals surface area contributed by atoms with E-state index in [2.05, 4.69) is 24.5 Å². The van der Waals surface area contributed by atoms with E-state index in [0.717, 1.165) is 6.42 Å². The van der Waals surface area contributed by atoms with Crippen molar-refractivity contribution in [2.75, 3.05) is 23.8 Å². The molecule has 0 saturated carbocycles. The molecule has 2 N–H and O–H groups in total. The predicted octanol–water partition coefficient (Wildman–Crippen LogP) is 1.60. The molecule has 1 atom stereocenters. The second-order valence-electron chi connectivity index (χ2n) is 6.51. The van der Waals surface area contributed by atoms with Gasteiger partial charge < -0.3 is 15.4 Å². The molecule has 2 heterocycles. The van der Waals surface area contributed by atoms with Gasteiger partial charge in [0.05, 0.1) is 12.1 Å². The van der Waals surface area contributed by atoms with Crippen molar-refractivity contribution in [2.24, 2.45) is 5.92 Å². The highest BCUT2D eigenvalue weighted by atomic mass is 16.5. The molecule has 3 amide bonds. The van der Waals surface area contributed by atoms with Crippen molar-refractivity contribution in [3.8, 4) is 5.75 Å². The van der Waals surface area contributed by atoms with Crippen molar-refractivity contribution < 1.29 is 19.1 Å². The number of carbonyl (C=O) groups is 3. The number of likely N-dealkylation sites (tertiary alicyclic amines) is 1. The van der Waals surface area contributed by atoms with Gasteiger partial charge in [-0.1, -0.05) is 13.8 Å². The molecule has 0 aromatic heterocycles. The molecular weight excluding hydrogens is 310 g/mol. The van der Waals surface area contributed by atoms with E-state index in [1.807, 2.05) is 0 Å². The van der Waals surface area contributed by atoms with E-state index in [0.29, 0.717) is 29.6 Å². The number of hydrogen-bond donors (Lipinski definition) is 2. The zero-order chi connectivity index (χ0) is 17.3. The molecule has 24 heavy (non-hydrogen) atoms. The molecule has 1 aromatic carbocycles. The van der Waals surface area contributed by atoms with Gasteiger partial charge >= 0.3 is 0 Å². The molecule has 128 valence electrons. The average molecular weight is 331 g/mol. The molecule has 0 spiro atoms. The quantitative estimate of drug-likeness (QED) is 0.800. The number of fused-ring (bicyclic) bond motifs is 1. The number of anilines is 2. The van der Waals surface area contributed by atoms with Crippen LogP contribution in [0.5, 0.6) is 5.75 Å². The van der Waals surface area contributed by atoms with E-state index >= 15 is 0 Å². The number of nitrogens with one attached hydrogen (secondary N) is 2. The summed E-state index contributed by atoms with van der Waals surface area (Å²) in [5.74, 6) is 0.465. The third-order valence-corrected chi connectivity index (χ3v) is 4.13. The number of ether oxygens (including phenoxy) is 1. The fourth-order valence-electron chi connectivity index (χ4n) is 2.79. The molecule has 1 fully saturated rings. The highest BCUT2D eigenvalue weighted by Crippen LogP contribution is 2.31. The fourth-order valence-corrected chi connectivity index (χ4v) is 2.79. The number of nitrogens with zero attached hydrogens (tertiary/aromatic N) is 1. The van der Waals surface area contributed by atoms with Crippen LogP contribution in [0.15, 0.2) is 18.2 Å². The summed E-state index contributed by atoms with van der Waals surface area (Å²) in [6, 6.07) is 4.64. The molecule has 2 aliphatic rings. The average Bonchev–Trinajstić information content (AvgIpc) is 2.79. The Morgan fingerprint density at radius 1 is 1.33 bits per heavy atom.